The lowest BCUT2D eigenvalue weighted by Crippen LogP contribution is -2.51. The quantitative estimate of drug-likeness (QED) is 0.398. The lowest BCUT2D eigenvalue weighted by molar-refractivity contribution is -0.134. The van der Waals surface area contributed by atoms with Crippen molar-refractivity contribution in [3.8, 4) is 11.5 Å². The second-order valence-electron chi connectivity index (χ2n) is 8.31. The van der Waals surface area contributed by atoms with Crippen molar-refractivity contribution in [1.29, 1.82) is 0 Å². The molecule has 0 radical (unpaired) electrons. The van der Waals surface area contributed by atoms with Crippen LogP contribution in [0.25, 0.3) is 22.1 Å². The monoisotopic (exact) mass is 507 g/mol. The molecule has 2 aromatic heterocycles. The molecular formula is C25H25N5O5S. The SMILES string of the molecule is CC(=O)O.S=C(NCc1ccc2c(c1)OCO2)N1CCN(c2ncnc3c2oc2ccccc23)CC1. The summed E-state index contributed by atoms with van der Waals surface area (Å²) in [6, 6.07) is 13.9. The third-order valence-corrected chi connectivity index (χ3v) is 6.29. The molecule has 0 spiro atoms. The molecule has 2 aromatic carbocycles. The molecule has 4 heterocycles. The minimum atomic E-state index is -0.833. The first-order chi connectivity index (χ1) is 17.5. The summed E-state index contributed by atoms with van der Waals surface area (Å²) in [5.41, 5.74) is 3.53. The van der Waals surface area contributed by atoms with Crippen molar-refractivity contribution >= 4 is 51.2 Å². The molecule has 4 aromatic rings. The highest BCUT2D eigenvalue weighted by molar-refractivity contribution is 7.80. The van der Waals surface area contributed by atoms with Gasteiger partial charge in [-0.1, -0.05) is 18.2 Å². The van der Waals surface area contributed by atoms with Crippen molar-refractivity contribution in [2.24, 2.45) is 0 Å². The van der Waals surface area contributed by atoms with Gasteiger partial charge in [-0.05, 0) is 42.0 Å². The number of fused-ring (bicyclic) bond motifs is 4. The predicted molar refractivity (Wildman–Crippen MR) is 138 cm³/mol. The topological polar surface area (TPSA) is 113 Å². The van der Waals surface area contributed by atoms with Crippen LogP contribution in [0, 0.1) is 0 Å². The van der Waals surface area contributed by atoms with Crippen LogP contribution in [-0.2, 0) is 11.3 Å². The van der Waals surface area contributed by atoms with E-state index in [9.17, 15) is 0 Å². The van der Waals surface area contributed by atoms with E-state index in [0.29, 0.717) is 6.54 Å². The summed E-state index contributed by atoms with van der Waals surface area (Å²) >= 11 is 5.64. The number of thiocarbonyl (C=S) groups is 1. The van der Waals surface area contributed by atoms with Crippen LogP contribution in [0.4, 0.5) is 5.82 Å². The molecule has 0 saturated carbocycles. The average molecular weight is 508 g/mol. The molecular weight excluding hydrogens is 482 g/mol. The summed E-state index contributed by atoms with van der Waals surface area (Å²) in [5.74, 6) is 1.58. The molecule has 6 rings (SSSR count). The van der Waals surface area contributed by atoms with E-state index >= 15 is 0 Å². The van der Waals surface area contributed by atoms with E-state index in [-0.39, 0.29) is 6.79 Å². The second-order valence-corrected chi connectivity index (χ2v) is 8.70. The fraction of sp³-hybridized carbons (Fsp3) is 0.280. The lowest BCUT2D eigenvalue weighted by Gasteiger charge is -2.36. The van der Waals surface area contributed by atoms with Crippen LogP contribution in [0.15, 0.2) is 53.2 Å². The normalized spacial score (nSPS) is 14.5. The summed E-state index contributed by atoms with van der Waals surface area (Å²) in [5, 5.41) is 12.5. The highest BCUT2D eigenvalue weighted by Crippen LogP contribution is 2.33. The fourth-order valence-electron chi connectivity index (χ4n) is 4.20. The number of benzene rings is 2. The Bertz CT molecular complexity index is 1410. The number of aliphatic carboxylic acids is 1. The van der Waals surface area contributed by atoms with E-state index in [1.54, 1.807) is 6.33 Å². The Morgan fingerprint density at radius 1 is 1.08 bits per heavy atom. The number of hydrogen-bond donors (Lipinski definition) is 2. The van der Waals surface area contributed by atoms with Crippen molar-refractivity contribution in [1.82, 2.24) is 20.2 Å². The number of nitrogens with zero attached hydrogens (tertiary/aromatic N) is 4. The zero-order valence-corrected chi connectivity index (χ0v) is 20.5. The standard InChI is InChI=1S/C23H21N5O3S.C2H4O2/c32-23(24-12-15-5-6-18-19(11-15)30-14-29-18)28-9-7-27(8-10-28)22-21-20(25-13-26-22)16-3-1-2-4-17(16)31-21;1-2(3)4/h1-6,11,13H,7-10,12,14H2,(H,24,32);1H3,(H,3,4). The molecule has 0 atom stereocenters. The number of rotatable bonds is 3. The van der Waals surface area contributed by atoms with Gasteiger partial charge in [0.2, 0.25) is 6.79 Å². The van der Waals surface area contributed by atoms with Crippen LogP contribution < -0.4 is 19.7 Å². The van der Waals surface area contributed by atoms with E-state index < -0.39 is 5.97 Å². The predicted octanol–water partition coefficient (Wildman–Crippen LogP) is 3.39. The van der Waals surface area contributed by atoms with Crippen LogP contribution in [0.1, 0.15) is 12.5 Å². The molecule has 0 unspecified atom stereocenters. The Hall–Kier alpha value is -4.12. The lowest BCUT2D eigenvalue weighted by atomic mass is 10.2. The number of piperazine rings is 1. The largest absolute Gasteiger partial charge is 0.481 e. The van der Waals surface area contributed by atoms with E-state index in [1.165, 1.54) is 0 Å². The van der Waals surface area contributed by atoms with Gasteiger partial charge in [-0.25, -0.2) is 9.97 Å². The maximum absolute atomic E-state index is 9.00. The number of hydrogen-bond acceptors (Lipinski definition) is 8. The molecule has 11 heteroatoms. The van der Waals surface area contributed by atoms with E-state index in [1.807, 2.05) is 42.5 Å². The molecule has 2 aliphatic heterocycles. The van der Waals surface area contributed by atoms with Gasteiger partial charge >= 0.3 is 0 Å². The van der Waals surface area contributed by atoms with Crippen molar-refractivity contribution in [3.05, 3.63) is 54.4 Å². The molecule has 36 heavy (non-hydrogen) atoms. The molecule has 2 aliphatic rings. The summed E-state index contributed by atoms with van der Waals surface area (Å²) in [6.07, 6.45) is 1.61. The van der Waals surface area contributed by atoms with Crippen molar-refractivity contribution in [2.75, 3.05) is 37.9 Å². The first kappa shape index (κ1) is 23.6. The van der Waals surface area contributed by atoms with Gasteiger partial charge in [0.05, 0.1) is 0 Å². The van der Waals surface area contributed by atoms with E-state index in [4.69, 9.17) is 36.0 Å². The minimum Gasteiger partial charge on any atom is -0.481 e. The molecule has 1 saturated heterocycles. The van der Waals surface area contributed by atoms with Crippen molar-refractivity contribution in [2.45, 2.75) is 13.5 Å². The highest BCUT2D eigenvalue weighted by atomic mass is 32.1. The maximum atomic E-state index is 9.00. The summed E-state index contributed by atoms with van der Waals surface area (Å²) in [4.78, 5) is 22.4. The van der Waals surface area contributed by atoms with Gasteiger partial charge in [0.1, 0.15) is 17.4 Å². The Morgan fingerprint density at radius 3 is 2.64 bits per heavy atom. The van der Waals surface area contributed by atoms with Crippen LogP contribution in [0.2, 0.25) is 0 Å². The highest BCUT2D eigenvalue weighted by Gasteiger charge is 2.24. The van der Waals surface area contributed by atoms with Gasteiger partial charge in [-0.3, -0.25) is 4.79 Å². The van der Waals surface area contributed by atoms with Gasteiger partial charge in [0.15, 0.2) is 28.0 Å². The number of carboxylic acids is 1. The van der Waals surface area contributed by atoms with Gasteiger partial charge in [-0.15, -0.1) is 0 Å². The zero-order chi connectivity index (χ0) is 25.1. The molecule has 0 bridgehead atoms. The van der Waals surface area contributed by atoms with Crippen LogP contribution >= 0.6 is 12.2 Å². The van der Waals surface area contributed by atoms with Crippen LogP contribution in [0.5, 0.6) is 11.5 Å². The number of furan rings is 1. The number of anilines is 1. The smallest absolute Gasteiger partial charge is 0.300 e. The fourth-order valence-corrected chi connectivity index (χ4v) is 4.45. The first-order valence-electron chi connectivity index (χ1n) is 11.5. The zero-order valence-electron chi connectivity index (χ0n) is 19.6. The molecule has 186 valence electrons. The Balaban J connectivity index is 0.000000623. The molecule has 2 N–H and O–H groups in total. The van der Waals surface area contributed by atoms with Gasteiger partial charge in [0, 0.05) is 45.0 Å². The summed E-state index contributed by atoms with van der Waals surface area (Å²) in [6.45, 7) is 5.21. The number of ether oxygens (including phenoxy) is 2. The average Bonchev–Trinajstić information content (AvgIpc) is 3.51. The number of nitrogens with one attached hydrogen (secondary N) is 1. The first-order valence-corrected chi connectivity index (χ1v) is 11.9. The van der Waals surface area contributed by atoms with Gasteiger partial charge in [0.25, 0.3) is 5.97 Å². The molecule has 10 nitrogen and oxygen atoms in total. The van der Waals surface area contributed by atoms with Crippen LogP contribution in [0.3, 0.4) is 0 Å². The Labute approximate surface area is 212 Å². The van der Waals surface area contributed by atoms with E-state index in [0.717, 1.165) is 83.2 Å². The third kappa shape index (κ3) is 4.96. The molecule has 0 amide bonds. The van der Waals surface area contributed by atoms with E-state index in [2.05, 4.69) is 25.1 Å². The van der Waals surface area contributed by atoms with Gasteiger partial charge < -0.3 is 34.1 Å². The second kappa shape index (κ2) is 10.2. The number of carbonyl (C=O) groups is 1. The number of carboxylic acid groups (broad SMARTS) is 1. The Kier molecular flexibility index (Phi) is 6.72. The molecule has 0 aliphatic carbocycles. The summed E-state index contributed by atoms with van der Waals surface area (Å²) in [7, 11) is 0. The van der Waals surface area contributed by atoms with Gasteiger partial charge in [-0.2, -0.15) is 0 Å². The van der Waals surface area contributed by atoms with Crippen molar-refractivity contribution in [3.63, 3.8) is 0 Å². The third-order valence-electron chi connectivity index (χ3n) is 5.89. The maximum Gasteiger partial charge on any atom is 0.300 e. The molecule has 1 fully saturated rings. The van der Waals surface area contributed by atoms with Crippen molar-refractivity contribution < 1.29 is 23.8 Å². The minimum absolute atomic E-state index is 0.279. The number of aromatic nitrogens is 2. The summed E-state index contributed by atoms with van der Waals surface area (Å²) < 4.78 is 16.9. The number of para-hydroxylation sites is 1. The van der Waals surface area contributed by atoms with Crippen LogP contribution in [-0.4, -0.2) is 64.0 Å². The Morgan fingerprint density at radius 2 is 1.83 bits per heavy atom.